The molecule has 0 radical (unpaired) electrons. The minimum atomic E-state index is -3.70. The molecule has 0 aliphatic heterocycles. The third-order valence-electron chi connectivity index (χ3n) is 6.36. The van der Waals surface area contributed by atoms with Crippen LogP contribution in [0.5, 0.6) is 11.5 Å². The highest BCUT2D eigenvalue weighted by molar-refractivity contribution is 7.89. The molecular formula is C29H34N2O6S. The first-order valence-electron chi connectivity index (χ1n) is 12.8. The molecule has 1 atom stereocenters. The van der Waals surface area contributed by atoms with E-state index in [1.807, 2.05) is 59.3 Å². The van der Waals surface area contributed by atoms with Crippen LogP contribution in [0.1, 0.15) is 47.7 Å². The zero-order chi connectivity index (χ0) is 27.0. The number of rotatable bonds is 12. The van der Waals surface area contributed by atoms with Crippen molar-refractivity contribution in [2.45, 2.75) is 37.9 Å². The monoisotopic (exact) mass is 538 g/mol. The number of aliphatic hydroxyl groups is 1. The van der Waals surface area contributed by atoms with E-state index in [9.17, 15) is 18.3 Å². The van der Waals surface area contributed by atoms with Crippen LogP contribution in [0, 0.1) is 0 Å². The Labute approximate surface area is 224 Å². The van der Waals surface area contributed by atoms with Crippen LogP contribution in [0.25, 0.3) is 11.1 Å². The highest BCUT2D eigenvalue weighted by Gasteiger charge is 2.22. The molecule has 202 valence electrons. The first kappa shape index (κ1) is 27.6. The molecule has 1 fully saturated rings. The SMILES string of the molecule is CS(=O)(=O)NC(=O)c1ccc(-c2ccc(OCCNC[C@@H](O)c3ccccc3)cc2)cc1OC1CCCC1. The number of hydrogen-bond donors (Lipinski definition) is 3. The summed E-state index contributed by atoms with van der Waals surface area (Å²) in [5.41, 5.74) is 2.82. The molecule has 8 nitrogen and oxygen atoms in total. The number of nitrogens with one attached hydrogen (secondary N) is 2. The lowest BCUT2D eigenvalue weighted by Crippen LogP contribution is -2.30. The fourth-order valence-electron chi connectivity index (χ4n) is 4.41. The van der Waals surface area contributed by atoms with Crippen molar-refractivity contribution >= 4 is 15.9 Å². The maximum Gasteiger partial charge on any atom is 0.268 e. The first-order valence-corrected chi connectivity index (χ1v) is 14.7. The van der Waals surface area contributed by atoms with Crippen molar-refractivity contribution in [2.75, 3.05) is 26.0 Å². The normalized spacial score (nSPS) is 14.7. The summed E-state index contributed by atoms with van der Waals surface area (Å²) in [4.78, 5) is 12.6. The summed E-state index contributed by atoms with van der Waals surface area (Å²) in [5, 5.41) is 13.4. The van der Waals surface area contributed by atoms with Crippen molar-refractivity contribution in [3.8, 4) is 22.6 Å². The molecule has 0 unspecified atom stereocenters. The van der Waals surface area contributed by atoms with Crippen LogP contribution in [0.2, 0.25) is 0 Å². The summed E-state index contributed by atoms with van der Waals surface area (Å²) in [6.07, 6.45) is 4.34. The Bertz CT molecular complexity index is 1310. The lowest BCUT2D eigenvalue weighted by molar-refractivity contribution is 0.0974. The highest BCUT2D eigenvalue weighted by atomic mass is 32.2. The summed E-state index contributed by atoms with van der Waals surface area (Å²) in [6.45, 7) is 1.48. The van der Waals surface area contributed by atoms with Gasteiger partial charge in [0.1, 0.15) is 18.1 Å². The van der Waals surface area contributed by atoms with Gasteiger partial charge in [-0.2, -0.15) is 0 Å². The molecule has 0 heterocycles. The third kappa shape index (κ3) is 8.05. The Morgan fingerprint density at radius 3 is 2.37 bits per heavy atom. The molecule has 3 aromatic rings. The van der Waals surface area contributed by atoms with Gasteiger partial charge in [0.2, 0.25) is 10.0 Å². The number of carbonyl (C=O) groups is 1. The maximum atomic E-state index is 12.6. The van der Waals surface area contributed by atoms with E-state index in [4.69, 9.17) is 9.47 Å². The van der Waals surface area contributed by atoms with Crippen LogP contribution >= 0.6 is 0 Å². The van der Waals surface area contributed by atoms with Gasteiger partial charge in [-0.3, -0.25) is 4.79 Å². The molecule has 1 saturated carbocycles. The Kier molecular flexibility index (Phi) is 9.38. The second-order valence-electron chi connectivity index (χ2n) is 9.44. The van der Waals surface area contributed by atoms with Crippen molar-refractivity contribution in [1.29, 1.82) is 0 Å². The maximum absolute atomic E-state index is 12.6. The van der Waals surface area contributed by atoms with Gasteiger partial charge in [-0.15, -0.1) is 0 Å². The fraction of sp³-hybridized carbons (Fsp3) is 0.345. The van der Waals surface area contributed by atoms with Gasteiger partial charge in [0.25, 0.3) is 5.91 Å². The van der Waals surface area contributed by atoms with E-state index in [1.54, 1.807) is 18.2 Å². The second kappa shape index (κ2) is 12.9. The van der Waals surface area contributed by atoms with Gasteiger partial charge in [0, 0.05) is 13.1 Å². The van der Waals surface area contributed by atoms with Gasteiger partial charge in [-0.05, 0) is 66.6 Å². The van der Waals surface area contributed by atoms with Crippen LogP contribution in [0.3, 0.4) is 0 Å². The lowest BCUT2D eigenvalue weighted by atomic mass is 10.0. The fourth-order valence-corrected chi connectivity index (χ4v) is 4.86. The van der Waals surface area contributed by atoms with Gasteiger partial charge in [-0.25, -0.2) is 13.1 Å². The zero-order valence-corrected chi connectivity index (χ0v) is 22.2. The van der Waals surface area contributed by atoms with E-state index in [0.29, 0.717) is 31.2 Å². The molecule has 1 aliphatic rings. The molecule has 3 aromatic carbocycles. The molecule has 9 heteroatoms. The Morgan fingerprint density at radius 1 is 1.00 bits per heavy atom. The van der Waals surface area contributed by atoms with Crippen molar-refractivity contribution in [2.24, 2.45) is 0 Å². The standard InChI is InChI=1S/C29H34N2O6S/c1-38(34,35)31-29(33)26-16-13-23(19-28(26)37-25-9-5-6-10-25)21-11-14-24(15-12-21)36-18-17-30-20-27(32)22-7-3-2-4-8-22/h2-4,7-8,11-16,19,25,27,30,32H,5-6,9-10,17-18,20H2,1H3,(H,31,33)/t27-/m1/s1. The number of ether oxygens (including phenoxy) is 2. The van der Waals surface area contributed by atoms with Gasteiger partial charge in [0.15, 0.2) is 0 Å². The van der Waals surface area contributed by atoms with Crippen LogP contribution in [-0.4, -0.2) is 51.5 Å². The summed E-state index contributed by atoms with van der Waals surface area (Å²) in [7, 11) is -3.70. The summed E-state index contributed by atoms with van der Waals surface area (Å²) in [5.74, 6) is 0.381. The molecule has 0 aromatic heterocycles. The highest BCUT2D eigenvalue weighted by Crippen LogP contribution is 2.32. The largest absolute Gasteiger partial charge is 0.492 e. The van der Waals surface area contributed by atoms with E-state index in [0.717, 1.165) is 48.6 Å². The molecule has 3 N–H and O–H groups in total. The number of benzene rings is 3. The van der Waals surface area contributed by atoms with Crippen molar-refractivity contribution in [3.05, 3.63) is 83.9 Å². The Balaban J connectivity index is 1.36. The third-order valence-corrected chi connectivity index (χ3v) is 6.91. The lowest BCUT2D eigenvalue weighted by Gasteiger charge is -2.17. The molecule has 1 amide bonds. The van der Waals surface area contributed by atoms with Gasteiger partial charge >= 0.3 is 0 Å². The molecule has 1 aliphatic carbocycles. The van der Waals surface area contributed by atoms with Crippen LogP contribution < -0.4 is 19.5 Å². The number of sulfonamides is 1. The predicted molar refractivity (Wildman–Crippen MR) is 147 cm³/mol. The quantitative estimate of drug-likeness (QED) is 0.298. The van der Waals surface area contributed by atoms with Crippen molar-refractivity contribution in [1.82, 2.24) is 10.0 Å². The molecule has 4 rings (SSSR count). The van der Waals surface area contributed by atoms with E-state index in [-0.39, 0.29) is 11.7 Å². The van der Waals surface area contributed by atoms with Crippen molar-refractivity contribution in [3.63, 3.8) is 0 Å². The van der Waals surface area contributed by atoms with Gasteiger partial charge in [-0.1, -0.05) is 48.5 Å². The average Bonchev–Trinajstić information content (AvgIpc) is 3.41. The van der Waals surface area contributed by atoms with Gasteiger partial charge in [0.05, 0.1) is 24.0 Å². The summed E-state index contributed by atoms with van der Waals surface area (Å²) < 4.78 is 37.2. The second-order valence-corrected chi connectivity index (χ2v) is 11.2. The molecule has 0 saturated heterocycles. The minimum Gasteiger partial charge on any atom is -0.492 e. The molecule has 38 heavy (non-hydrogen) atoms. The predicted octanol–water partition coefficient (Wildman–Crippen LogP) is 4.07. The van der Waals surface area contributed by atoms with E-state index in [2.05, 4.69) is 5.32 Å². The molecular weight excluding hydrogens is 504 g/mol. The Hall–Kier alpha value is -3.40. The van der Waals surface area contributed by atoms with E-state index in [1.165, 1.54) is 0 Å². The average molecular weight is 539 g/mol. The zero-order valence-electron chi connectivity index (χ0n) is 21.4. The number of carbonyl (C=O) groups excluding carboxylic acids is 1. The first-order chi connectivity index (χ1) is 18.3. The van der Waals surface area contributed by atoms with E-state index < -0.39 is 22.0 Å². The minimum absolute atomic E-state index is 0.00762. The molecule has 0 spiro atoms. The van der Waals surface area contributed by atoms with E-state index >= 15 is 0 Å². The summed E-state index contributed by atoms with van der Waals surface area (Å²) in [6, 6.07) is 22.3. The number of hydrogen-bond acceptors (Lipinski definition) is 7. The van der Waals surface area contributed by atoms with Gasteiger partial charge < -0.3 is 19.9 Å². The summed E-state index contributed by atoms with van der Waals surface area (Å²) >= 11 is 0. The van der Waals surface area contributed by atoms with Crippen LogP contribution in [0.4, 0.5) is 0 Å². The topological polar surface area (TPSA) is 114 Å². The number of amides is 1. The smallest absolute Gasteiger partial charge is 0.268 e. The van der Waals surface area contributed by atoms with Crippen LogP contribution in [0.15, 0.2) is 72.8 Å². The Morgan fingerprint density at radius 2 is 1.68 bits per heavy atom. The van der Waals surface area contributed by atoms with Crippen LogP contribution in [-0.2, 0) is 10.0 Å². The number of aliphatic hydroxyl groups excluding tert-OH is 1. The molecule has 0 bridgehead atoms. The van der Waals surface area contributed by atoms with Crippen molar-refractivity contribution < 1.29 is 27.8 Å².